The zero-order chi connectivity index (χ0) is 23.9. The minimum absolute atomic E-state index is 0.579. The molecule has 2 aromatic heterocycles. The first-order valence-corrected chi connectivity index (χ1v) is 13.1. The van der Waals surface area contributed by atoms with E-state index in [0.717, 1.165) is 64.6 Å². The van der Waals surface area contributed by atoms with E-state index in [2.05, 4.69) is 59.8 Å². The minimum Gasteiger partial charge on any atom is -0.496 e. The monoisotopic (exact) mass is 486 g/mol. The largest absolute Gasteiger partial charge is 0.496 e. The van der Waals surface area contributed by atoms with Crippen LogP contribution in [0.1, 0.15) is 40.3 Å². The number of nitrogens with one attached hydrogen (secondary N) is 2. The summed E-state index contributed by atoms with van der Waals surface area (Å²) in [5.41, 5.74) is 8.01. The molecule has 2 aromatic carbocycles. The third-order valence-corrected chi connectivity index (χ3v) is 8.18. The average molecular weight is 487 g/mol. The number of hydrogen-bond donors (Lipinski definition) is 2. The van der Waals surface area contributed by atoms with E-state index in [1.807, 2.05) is 6.20 Å². The molecule has 0 saturated carbocycles. The zero-order valence-corrected chi connectivity index (χ0v) is 21.2. The van der Waals surface area contributed by atoms with Crippen molar-refractivity contribution in [3.63, 3.8) is 0 Å². The van der Waals surface area contributed by atoms with Crippen molar-refractivity contribution < 1.29 is 9.47 Å². The van der Waals surface area contributed by atoms with E-state index < -0.39 is 0 Å². The molecule has 7 heteroatoms. The van der Waals surface area contributed by atoms with Crippen molar-refractivity contribution in [3.8, 4) is 22.6 Å². The van der Waals surface area contributed by atoms with Crippen LogP contribution in [0.4, 0.5) is 11.6 Å². The van der Waals surface area contributed by atoms with Crippen molar-refractivity contribution in [3.05, 3.63) is 58.1 Å². The Hall–Kier alpha value is -3.16. The van der Waals surface area contributed by atoms with Crippen molar-refractivity contribution in [1.82, 2.24) is 15.3 Å². The molecular weight excluding hydrogens is 456 g/mol. The Bertz CT molecular complexity index is 1410. The van der Waals surface area contributed by atoms with Gasteiger partial charge in [-0.2, -0.15) is 0 Å². The first kappa shape index (κ1) is 22.3. The summed E-state index contributed by atoms with van der Waals surface area (Å²) in [6, 6.07) is 10.7. The number of piperidine rings is 1. The van der Waals surface area contributed by atoms with Crippen LogP contribution in [0.25, 0.3) is 21.3 Å². The lowest BCUT2D eigenvalue weighted by Crippen LogP contribution is -2.27. The fourth-order valence-corrected chi connectivity index (χ4v) is 6.43. The highest BCUT2D eigenvalue weighted by atomic mass is 32.1. The van der Waals surface area contributed by atoms with Crippen molar-refractivity contribution in [1.29, 1.82) is 0 Å². The highest BCUT2D eigenvalue weighted by Gasteiger charge is 2.26. The third kappa shape index (κ3) is 4.02. The maximum absolute atomic E-state index is 6.11. The lowest BCUT2D eigenvalue weighted by Gasteiger charge is -2.25. The summed E-state index contributed by atoms with van der Waals surface area (Å²) in [6.07, 6.45) is 5.24. The summed E-state index contributed by atoms with van der Waals surface area (Å²) < 4.78 is 12.9. The van der Waals surface area contributed by atoms with E-state index in [1.165, 1.54) is 34.4 Å². The third-order valence-electron chi connectivity index (χ3n) is 7.15. The Morgan fingerprint density at radius 2 is 2.00 bits per heavy atom. The molecule has 0 atom stereocenters. The summed E-state index contributed by atoms with van der Waals surface area (Å²) in [5.74, 6) is 3.01. The second-order valence-electron chi connectivity index (χ2n) is 9.40. The zero-order valence-electron chi connectivity index (χ0n) is 20.4. The molecule has 0 unspecified atom stereocenters. The molecule has 4 aromatic rings. The Balaban J connectivity index is 1.38. The van der Waals surface area contributed by atoms with Gasteiger partial charge in [0.2, 0.25) is 5.95 Å². The molecule has 6 nitrogen and oxygen atoms in total. The molecule has 2 aliphatic heterocycles. The van der Waals surface area contributed by atoms with Gasteiger partial charge < -0.3 is 20.1 Å². The summed E-state index contributed by atoms with van der Waals surface area (Å²) in [7, 11) is 1.72. The van der Waals surface area contributed by atoms with Gasteiger partial charge in [0.15, 0.2) is 0 Å². The van der Waals surface area contributed by atoms with Gasteiger partial charge in [-0.1, -0.05) is 18.2 Å². The average Bonchev–Trinajstić information content (AvgIpc) is 3.49. The molecule has 0 spiro atoms. The van der Waals surface area contributed by atoms with Crippen molar-refractivity contribution in [2.45, 2.75) is 39.0 Å². The number of benzene rings is 2. The molecule has 0 bridgehead atoms. The maximum Gasteiger partial charge on any atom is 0.227 e. The van der Waals surface area contributed by atoms with Crippen LogP contribution in [0.2, 0.25) is 0 Å². The van der Waals surface area contributed by atoms with Crippen LogP contribution in [0.3, 0.4) is 0 Å². The Morgan fingerprint density at radius 3 is 2.83 bits per heavy atom. The number of fused-ring (bicyclic) bond motifs is 2. The van der Waals surface area contributed by atoms with Gasteiger partial charge in [0.05, 0.1) is 35.8 Å². The van der Waals surface area contributed by atoms with Gasteiger partial charge in [-0.05, 0) is 69.0 Å². The lowest BCUT2D eigenvalue weighted by atomic mass is 9.86. The number of nitrogens with zero attached hydrogens (tertiary/aromatic N) is 2. The predicted molar refractivity (Wildman–Crippen MR) is 143 cm³/mol. The Morgan fingerprint density at radius 1 is 1.14 bits per heavy atom. The van der Waals surface area contributed by atoms with Gasteiger partial charge in [0, 0.05) is 28.0 Å². The van der Waals surface area contributed by atoms with Crippen LogP contribution in [0.5, 0.6) is 11.5 Å². The normalized spacial score (nSPS) is 15.7. The molecule has 0 radical (unpaired) electrons. The van der Waals surface area contributed by atoms with Gasteiger partial charge in [0.25, 0.3) is 0 Å². The molecule has 1 saturated heterocycles. The lowest BCUT2D eigenvalue weighted by molar-refractivity contribution is 0.358. The Kier molecular flexibility index (Phi) is 5.82. The van der Waals surface area contributed by atoms with Crippen molar-refractivity contribution in [2.24, 2.45) is 0 Å². The number of aryl methyl sites for hydroxylation is 2. The summed E-state index contributed by atoms with van der Waals surface area (Å²) in [6.45, 7) is 7.11. The van der Waals surface area contributed by atoms with Gasteiger partial charge in [-0.15, -0.1) is 11.3 Å². The van der Waals surface area contributed by atoms with Crippen LogP contribution in [0, 0.1) is 13.8 Å². The number of thiophene rings is 1. The summed E-state index contributed by atoms with van der Waals surface area (Å²) in [4.78, 5) is 10.8. The van der Waals surface area contributed by atoms with Crippen LogP contribution in [-0.2, 0) is 6.42 Å². The topological polar surface area (TPSA) is 68.3 Å². The number of hydrogen-bond acceptors (Lipinski definition) is 7. The number of rotatable bonds is 5. The molecule has 35 heavy (non-hydrogen) atoms. The Labute approximate surface area is 209 Å². The van der Waals surface area contributed by atoms with Crippen molar-refractivity contribution >= 4 is 33.2 Å². The van der Waals surface area contributed by atoms with Gasteiger partial charge >= 0.3 is 0 Å². The van der Waals surface area contributed by atoms with Gasteiger partial charge in [0.1, 0.15) is 11.5 Å². The molecular formula is C28H30N4O2S. The van der Waals surface area contributed by atoms with E-state index in [0.29, 0.717) is 11.9 Å². The van der Waals surface area contributed by atoms with E-state index in [-0.39, 0.29) is 0 Å². The number of methoxy groups -OCH3 is 1. The molecule has 4 heterocycles. The SMILES string of the molecule is COc1cc(C)ccc1-c1c(C)sc2cnc(Nc3ccc(C4CCNCC4)c4c3OCC4)nc12. The van der Waals surface area contributed by atoms with Crippen LogP contribution in [0.15, 0.2) is 36.5 Å². The predicted octanol–water partition coefficient (Wildman–Crippen LogP) is 6.13. The highest BCUT2D eigenvalue weighted by Crippen LogP contribution is 2.44. The first-order valence-electron chi connectivity index (χ1n) is 12.3. The van der Waals surface area contributed by atoms with E-state index in [1.54, 1.807) is 18.4 Å². The van der Waals surface area contributed by atoms with E-state index in [4.69, 9.17) is 14.5 Å². The molecule has 2 N–H and O–H groups in total. The smallest absolute Gasteiger partial charge is 0.227 e. The quantitative estimate of drug-likeness (QED) is 0.354. The summed E-state index contributed by atoms with van der Waals surface area (Å²) in [5, 5.41) is 6.94. The van der Waals surface area contributed by atoms with Gasteiger partial charge in [-0.25, -0.2) is 9.97 Å². The molecule has 1 fully saturated rings. The van der Waals surface area contributed by atoms with Crippen LogP contribution in [-0.4, -0.2) is 36.8 Å². The molecule has 0 aliphatic carbocycles. The maximum atomic E-state index is 6.11. The first-order chi connectivity index (χ1) is 17.1. The summed E-state index contributed by atoms with van der Waals surface area (Å²) >= 11 is 1.71. The highest BCUT2D eigenvalue weighted by molar-refractivity contribution is 7.19. The minimum atomic E-state index is 0.579. The van der Waals surface area contributed by atoms with Gasteiger partial charge in [-0.3, -0.25) is 0 Å². The number of ether oxygens (including phenoxy) is 2. The fraction of sp³-hybridized carbons (Fsp3) is 0.357. The second-order valence-corrected chi connectivity index (χ2v) is 10.7. The van der Waals surface area contributed by atoms with E-state index in [9.17, 15) is 0 Å². The molecule has 6 rings (SSSR count). The van der Waals surface area contributed by atoms with E-state index >= 15 is 0 Å². The van der Waals surface area contributed by atoms with Crippen LogP contribution < -0.4 is 20.1 Å². The molecule has 2 aliphatic rings. The van der Waals surface area contributed by atoms with Crippen molar-refractivity contribution in [2.75, 3.05) is 32.1 Å². The molecule has 0 amide bonds. The number of aromatic nitrogens is 2. The van der Waals surface area contributed by atoms with Crippen LogP contribution >= 0.6 is 11.3 Å². The number of anilines is 2. The molecule has 180 valence electrons. The fourth-order valence-electron chi connectivity index (χ4n) is 5.44. The second kappa shape index (κ2) is 9.13. The standard InChI is InChI=1S/C28H30N4O2S/c1-16-4-5-21(23(14-16)33-3)25-17(2)35-24-15-30-28(32-26(24)25)31-22-7-6-19(18-8-11-29-12-9-18)20-10-13-34-27(20)22/h4-7,14-15,18,29H,8-13H2,1-3H3,(H,30,31,32).